The molecule has 1 aliphatic rings. The number of carbonyl (C=O) groups excluding carboxylic acids is 2. The molecule has 0 atom stereocenters. The van der Waals surface area contributed by atoms with Gasteiger partial charge in [0.05, 0.1) is 11.4 Å². The smallest absolute Gasteiger partial charge is 0.268 e. The van der Waals surface area contributed by atoms with Crippen molar-refractivity contribution < 1.29 is 9.59 Å². The first-order valence-electron chi connectivity index (χ1n) is 6.85. The minimum Gasteiger partial charge on any atom is -0.268 e. The maximum Gasteiger partial charge on any atom is 0.293 e. The van der Waals surface area contributed by atoms with E-state index in [0.717, 1.165) is 28.5 Å². The maximum atomic E-state index is 12.4. The number of benzene rings is 1. The largest absolute Gasteiger partial charge is 0.293 e. The number of pyridine rings is 1. The van der Waals surface area contributed by atoms with Crippen molar-refractivity contribution in [3.8, 4) is 0 Å². The normalized spacial score (nSPS) is 16.6. The van der Waals surface area contributed by atoms with E-state index in [0.29, 0.717) is 11.4 Å². The van der Waals surface area contributed by atoms with Crippen LogP contribution in [0, 0.1) is 6.92 Å². The molecule has 22 heavy (non-hydrogen) atoms. The topological polar surface area (TPSA) is 50.3 Å². The molecule has 1 saturated heterocycles. The van der Waals surface area contributed by atoms with Gasteiger partial charge < -0.3 is 0 Å². The van der Waals surface area contributed by atoms with E-state index in [1.165, 1.54) is 4.90 Å². The summed E-state index contributed by atoms with van der Waals surface area (Å²) in [4.78, 5) is 30.2. The summed E-state index contributed by atoms with van der Waals surface area (Å²) in [6.07, 6.45) is 5.04. The molecule has 2 amide bonds. The number of rotatable bonds is 3. The highest BCUT2D eigenvalue weighted by atomic mass is 32.2. The van der Waals surface area contributed by atoms with E-state index >= 15 is 0 Å². The highest BCUT2D eigenvalue weighted by Gasteiger charge is 2.35. The quantitative estimate of drug-likeness (QED) is 0.812. The third kappa shape index (κ3) is 2.94. The van der Waals surface area contributed by atoms with Crippen LogP contribution >= 0.6 is 11.8 Å². The van der Waals surface area contributed by atoms with Crippen LogP contribution in [0.4, 0.5) is 4.79 Å². The SMILES string of the molecule is Cc1ccccc1CN1C(=O)S/C(=C\c2ccncc2)C1=O. The number of hydrogen-bond donors (Lipinski definition) is 0. The van der Waals surface area contributed by atoms with Crippen LogP contribution in [-0.4, -0.2) is 21.0 Å². The molecule has 0 saturated carbocycles. The Morgan fingerprint density at radius 2 is 1.86 bits per heavy atom. The fourth-order valence-corrected chi connectivity index (χ4v) is 3.04. The van der Waals surface area contributed by atoms with Gasteiger partial charge in [-0.2, -0.15) is 0 Å². The molecule has 0 N–H and O–H groups in total. The summed E-state index contributed by atoms with van der Waals surface area (Å²) in [5.74, 6) is -0.241. The van der Waals surface area contributed by atoms with Gasteiger partial charge in [-0.05, 0) is 53.6 Å². The van der Waals surface area contributed by atoms with E-state index in [1.54, 1.807) is 30.6 Å². The van der Waals surface area contributed by atoms with Gasteiger partial charge in [0.2, 0.25) is 0 Å². The molecule has 1 aromatic carbocycles. The van der Waals surface area contributed by atoms with Crippen LogP contribution in [0.15, 0.2) is 53.7 Å². The zero-order chi connectivity index (χ0) is 15.5. The molecule has 4 nitrogen and oxygen atoms in total. The molecular weight excluding hydrogens is 296 g/mol. The van der Waals surface area contributed by atoms with Crippen molar-refractivity contribution in [1.82, 2.24) is 9.88 Å². The molecule has 1 aromatic heterocycles. The number of aromatic nitrogens is 1. The van der Waals surface area contributed by atoms with E-state index in [4.69, 9.17) is 0 Å². The second-order valence-corrected chi connectivity index (χ2v) is 5.97. The zero-order valence-electron chi connectivity index (χ0n) is 12.0. The molecule has 0 unspecified atom stereocenters. The van der Waals surface area contributed by atoms with Gasteiger partial charge in [-0.15, -0.1) is 0 Å². The number of thioether (sulfide) groups is 1. The second kappa shape index (κ2) is 6.15. The van der Waals surface area contributed by atoms with Crippen LogP contribution in [0.1, 0.15) is 16.7 Å². The molecule has 5 heteroatoms. The Balaban J connectivity index is 1.83. The van der Waals surface area contributed by atoms with E-state index < -0.39 is 0 Å². The number of imide groups is 1. The summed E-state index contributed by atoms with van der Waals surface area (Å²) >= 11 is 0.980. The van der Waals surface area contributed by atoms with Crippen LogP contribution in [0.25, 0.3) is 6.08 Å². The predicted molar refractivity (Wildman–Crippen MR) is 86.9 cm³/mol. The third-order valence-corrected chi connectivity index (χ3v) is 4.37. The second-order valence-electron chi connectivity index (χ2n) is 4.97. The lowest BCUT2D eigenvalue weighted by Gasteiger charge is -2.14. The molecule has 2 heterocycles. The zero-order valence-corrected chi connectivity index (χ0v) is 12.8. The molecule has 1 aliphatic heterocycles. The molecule has 110 valence electrons. The molecule has 1 fully saturated rings. The highest BCUT2D eigenvalue weighted by Crippen LogP contribution is 2.33. The van der Waals surface area contributed by atoms with Crippen LogP contribution in [0.2, 0.25) is 0 Å². The Bertz CT molecular complexity index is 756. The molecular formula is C17H14N2O2S. The first-order chi connectivity index (χ1) is 10.6. The molecule has 3 rings (SSSR count). The molecule has 0 radical (unpaired) electrons. The first kappa shape index (κ1) is 14.5. The first-order valence-corrected chi connectivity index (χ1v) is 7.67. The fourth-order valence-electron chi connectivity index (χ4n) is 2.21. The summed E-state index contributed by atoms with van der Waals surface area (Å²) in [6, 6.07) is 11.4. The van der Waals surface area contributed by atoms with E-state index in [9.17, 15) is 9.59 Å². The lowest BCUT2D eigenvalue weighted by molar-refractivity contribution is -0.123. The predicted octanol–water partition coefficient (Wildman–Crippen LogP) is 3.63. The Hall–Kier alpha value is -2.40. The van der Waals surface area contributed by atoms with Gasteiger partial charge in [0.1, 0.15) is 0 Å². The van der Waals surface area contributed by atoms with Crippen molar-refractivity contribution in [2.45, 2.75) is 13.5 Å². The summed E-state index contributed by atoms with van der Waals surface area (Å²) in [5, 5.41) is -0.228. The minimum atomic E-state index is -0.241. The minimum absolute atomic E-state index is 0.228. The summed E-state index contributed by atoms with van der Waals surface area (Å²) in [5.41, 5.74) is 2.91. The van der Waals surface area contributed by atoms with Crippen molar-refractivity contribution in [1.29, 1.82) is 0 Å². The number of amides is 2. The van der Waals surface area contributed by atoms with Gasteiger partial charge in [-0.3, -0.25) is 19.5 Å². The van der Waals surface area contributed by atoms with Gasteiger partial charge in [-0.1, -0.05) is 24.3 Å². The molecule has 0 aliphatic carbocycles. The van der Waals surface area contributed by atoms with E-state index in [-0.39, 0.29) is 11.1 Å². The molecule has 0 spiro atoms. The van der Waals surface area contributed by atoms with Crippen molar-refractivity contribution >= 4 is 29.0 Å². The van der Waals surface area contributed by atoms with Gasteiger partial charge in [0.25, 0.3) is 11.1 Å². The Labute approximate surface area is 132 Å². The Kier molecular flexibility index (Phi) is 4.06. The van der Waals surface area contributed by atoms with Crippen LogP contribution in [0.5, 0.6) is 0 Å². The number of aryl methyl sites for hydroxylation is 1. The summed E-state index contributed by atoms with van der Waals surface area (Å²) < 4.78 is 0. The van der Waals surface area contributed by atoms with Crippen molar-refractivity contribution in [3.63, 3.8) is 0 Å². The van der Waals surface area contributed by atoms with Crippen molar-refractivity contribution in [2.24, 2.45) is 0 Å². The molecule has 2 aromatic rings. The van der Waals surface area contributed by atoms with Crippen LogP contribution in [0.3, 0.4) is 0 Å². The lowest BCUT2D eigenvalue weighted by atomic mass is 10.1. The monoisotopic (exact) mass is 310 g/mol. The third-order valence-electron chi connectivity index (χ3n) is 3.47. The summed E-state index contributed by atoms with van der Waals surface area (Å²) in [7, 11) is 0. The standard InChI is InChI=1S/C17H14N2O2S/c1-12-4-2-3-5-14(12)11-19-16(20)15(22-17(19)21)10-13-6-8-18-9-7-13/h2-10H,11H2,1H3/b15-10-. The van der Waals surface area contributed by atoms with Gasteiger partial charge >= 0.3 is 0 Å². The molecule has 0 bridgehead atoms. The number of hydrogen-bond acceptors (Lipinski definition) is 4. The summed E-state index contributed by atoms with van der Waals surface area (Å²) in [6.45, 7) is 2.28. The Morgan fingerprint density at radius 1 is 1.14 bits per heavy atom. The average molecular weight is 310 g/mol. The fraction of sp³-hybridized carbons (Fsp3) is 0.118. The lowest BCUT2D eigenvalue weighted by Crippen LogP contribution is -2.27. The van der Waals surface area contributed by atoms with Gasteiger partial charge in [-0.25, -0.2) is 0 Å². The number of carbonyl (C=O) groups is 2. The Morgan fingerprint density at radius 3 is 2.59 bits per heavy atom. The van der Waals surface area contributed by atoms with Crippen molar-refractivity contribution in [2.75, 3.05) is 0 Å². The van der Waals surface area contributed by atoms with E-state index in [2.05, 4.69) is 4.98 Å². The van der Waals surface area contributed by atoms with Gasteiger partial charge in [0, 0.05) is 12.4 Å². The van der Waals surface area contributed by atoms with Gasteiger partial charge in [0.15, 0.2) is 0 Å². The van der Waals surface area contributed by atoms with E-state index in [1.807, 2.05) is 31.2 Å². The van der Waals surface area contributed by atoms with Crippen LogP contribution in [-0.2, 0) is 11.3 Å². The van der Waals surface area contributed by atoms with Crippen molar-refractivity contribution in [3.05, 3.63) is 70.4 Å². The maximum absolute atomic E-state index is 12.4. The average Bonchev–Trinajstić information content (AvgIpc) is 2.78. The van der Waals surface area contributed by atoms with Crippen LogP contribution < -0.4 is 0 Å². The number of nitrogens with zero attached hydrogens (tertiary/aromatic N) is 2. The highest BCUT2D eigenvalue weighted by molar-refractivity contribution is 8.18.